The molecule has 0 atom stereocenters. The van der Waals surface area contributed by atoms with Crippen LogP contribution in [-0.4, -0.2) is 17.9 Å². The number of phenols is 1. The van der Waals surface area contributed by atoms with E-state index in [-0.39, 0.29) is 11.5 Å². The molecule has 2 aromatic carbocycles. The third-order valence-corrected chi connectivity index (χ3v) is 3.54. The highest BCUT2D eigenvalue weighted by Crippen LogP contribution is 2.26. The van der Waals surface area contributed by atoms with Crippen LogP contribution in [0.3, 0.4) is 0 Å². The standard InChI is InChI=1S/C16H16ClNO2/c1-11(19)14-8-7-13(9-16(14)20)18(2)10-12-5-3-4-6-15(12)17/h3-9,20H,10H2,1-2H3. The molecule has 2 rings (SSSR count). The fourth-order valence-corrected chi connectivity index (χ4v) is 2.22. The Labute approximate surface area is 123 Å². The number of Topliss-reactive ketones (excluding diaryl/α,β-unsaturated/α-hetero) is 1. The minimum Gasteiger partial charge on any atom is -0.507 e. The van der Waals surface area contributed by atoms with Gasteiger partial charge in [0, 0.05) is 30.4 Å². The number of hydrogen-bond donors (Lipinski definition) is 1. The van der Waals surface area contributed by atoms with Crippen LogP contribution in [0.25, 0.3) is 0 Å². The van der Waals surface area contributed by atoms with Crippen molar-refractivity contribution in [1.29, 1.82) is 0 Å². The van der Waals surface area contributed by atoms with Gasteiger partial charge >= 0.3 is 0 Å². The van der Waals surface area contributed by atoms with Crippen LogP contribution in [0.15, 0.2) is 42.5 Å². The third kappa shape index (κ3) is 3.11. The Morgan fingerprint density at radius 3 is 2.55 bits per heavy atom. The predicted octanol–water partition coefficient (Wildman–Crippen LogP) is 3.88. The van der Waals surface area contributed by atoms with Crippen molar-refractivity contribution in [2.24, 2.45) is 0 Å². The maximum absolute atomic E-state index is 11.3. The summed E-state index contributed by atoms with van der Waals surface area (Å²) in [6, 6.07) is 12.7. The predicted molar refractivity (Wildman–Crippen MR) is 81.7 cm³/mol. The van der Waals surface area contributed by atoms with Gasteiger partial charge in [-0.25, -0.2) is 0 Å². The second kappa shape index (κ2) is 5.97. The van der Waals surface area contributed by atoms with Crippen molar-refractivity contribution >= 4 is 23.1 Å². The van der Waals surface area contributed by atoms with Crippen LogP contribution in [0.1, 0.15) is 22.8 Å². The first-order valence-electron chi connectivity index (χ1n) is 6.27. The van der Waals surface area contributed by atoms with E-state index in [4.69, 9.17) is 11.6 Å². The Morgan fingerprint density at radius 1 is 1.25 bits per heavy atom. The highest BCUT2D eigenvalue weighted by atomic mass is 35.5. The minimum atomic E-state index is -0.150. The van der Waals surface area contributed by atoms with Crippen molar-refractivity contribution in [3.8, 4) is 5.75 Å². The molecule has 0 unspecified atom stereocenters. The number of carbonyl (C=O) groups excluding carboxylic acids is 1. The number of aromatic hydroxyl groups is 1. The molecule has 0 saturated heterocycles. The number of hydrogen-bond acceptors (Lipinski definition) is 3. The Morgan fingerprint density at radius 2 is 1.95 bits per heavy atom. The maximum Gasteiger partial charge on any atom is 0.163 e. The monoisotopic (exact) mass is 289 g/mol. The van der Waals surface area contributed by atoms with Crippen molar-refractivity contribution in [2.75, 3.05) is 11.9 Å². The summed E-state index contributed by atoms with van der Waals surface area (Å²) in [6.45, 7) is 2.06. The zero-order valence-corrected chi connectivity index (χ0v) is 12.2. The smallest absolute Gasteiger partial charge is 0.163 e. The lowest BCUT2D eigenvalue weighted by atomic mass is 10.1. The molecule has 0 spiro atoms. The number of carbonyl (C=O) groups is 1. The highest BCUT2D eigenvalue weighted by molar-refractivity contribution is 6.31. The van der Waals surface area contributed by atoms with Gasteiger partial charge in [0.25, 0.3) is 0 Å². The molecule has 20 heavy (non-hydrogen) atoms. The summed E-state index contributed by atoms with van der Waals surface area (Å²) in [5, 5.41) is 10.6. The molecule has 0 heterocycles. The summed E-state index contributed by atoms with van der Waals surface area (Å²) < 4.78 is 0. The number of halogens is 1. The first-order chi connectivity index (χ1) is 9.49. The Kier molecular flexibility index (Phi) is 4.30. The van der Waals surface area contributed by atoms with Crippen molar-refractivity contribution in [2.45, 2.75) is 13.5 Å². The lowest BCUT2D eigenvalue weighted by Crippen LogP contribution is -2.16. The molecule has 0 aliphatic rings. The van der Waals surface area contributed by atoms with E-state index in [0.29, 0.717) is 17.1 Å². The zero-order chi connectivity index (χ0) is 14.7. The molecular weight excluding hydrogens is 274 g/mol. The molecular formula is C16H16ClNO2. The van der Waals surface area contributed by atoms with Crippen LogP contribution in [0, 0.1) is 0 Å². The number of anilines is 1. The number of benzene rings is 2. The second-order valence-electron chi connectivity index (χ2n) is 4.71. The molecule has 0 saturated carbocycles. The van der Waals surface area contributed by atoms with Gasteiger partial charge in [0.05, 0.1) is 5.56 Å². The molecule has 0 radical (unpaired) electrons. The summed E-state index contributed by atoms with van der Waals surface area (Å²) in [5.74, 6) is -0.149. The summed E-state index contributed by atoms with van der Waals surface area (Å²) >= 11 is 6.13. The van der Waals surface area contributed by atoms with Gasteiger partial charge < -0.3 is 10.0 Å². The van der Waals surface area contributed by atoms with Crippen LogP contribution in [0.4, 0.5) is 5.69 Å². The maximum atomic E-state index is 11.3. The third-order valence-electron chi connectivity index (χ3n) is 3.17. The van der Waals surface area contributed by atoms with Crippen LogP contribution < -0.4 is 4.90 Å². The SMILES string of the molecule is CC(=O)c1ccc(N(C)Cc2ccccc2Cl)cc1O. The largest absolute Gasteiger partial charge is 0.507 e. The van der Waals surface area contributed by atoms with Crippen LogP contribution >= 0.6 is 11.6 Å². The molecule has 0 aliphatic carbocycles. The fraction of sp³-hybridized carbons (Fsp3) is 0.188. The van der Waals surface area contributed by atoms with E-state index in [9.17, 15) is 9.90 Å². The molecule has 104 valence electrons. The average Bonchev–Trinajstić information content (AvgIpc) is 2.40. The fourth-order valence-electron chi connectivity index (χ4n) is 2.03. The normalized spacial score (nSPS) is 10.3. The van der Waals surface area contributed by atoms with Gasteiger partial charge in [-0.15, -0.1) is 0 Å². The molecule has 0 bridgehead atoms. The van der Waals surface area contributed by atoms with Gasteiger partial charge in [-0.3, -0.25) is 4.79 Å². The number of nitrogens with zero attached hydrogens (tertiary/aromatic N) is 1. The van der Waals surface area contributed by atoms with Crippen LogP contribution in [0.2, 0.25) is 5.02 Å². The van der Waals surface area contributed by atoms with E-state index in [0.717, 1.165) is 11.3 Å². The number of rotatable bonds is 4. The van der Waals surface area contributed by atoms with E-state index in [1.54, 1.807) is 12.1 Å². The molecule has 0 aliphatic heterocycles. The summed E-state index contributed by atoms with van der Waals surface area (Å²) in [6.07, 6.45) is 0. The molecule has 0 amide bonds. The van der Waals surface area contributed by atoms with Crippen LogP contribution in [0.5, 0.6) is 5.75 Å². The first kappa shape index (κ1) is 14.4. The first-order valence-corrected chi connectivity index (χ1v) is 6.65. The van der Waals surface area contributed by atoms with Crippen molar-refractivity contribution in [3.63, 3.8) is 0 Å². The van der Waals surface area contributed by atoms with Gasteiger partial charge in [-0.05, 0) is 30.7 Å². The average molecular weight is 290 g/mol. The Bertz CT molecular complexity index is 640. The van der Waals surface area contributed by atoms with E-state index in [2.05, 4.69) is 0 Å². The van der Waals surface area contributed by atoms with E-state index in [1.807, 2.05) is 42.3 Å². The van der Waals surface area contributed by atoms with E-state index < -0.39 is 0 Å². The minimum absolute atomic E-state index is 0.000934. The summed E-state index contributed by atoms with van der Waals surface area (Å²) in [7, 11) is 1.91. The Hall–Kier alpha value is -2.00. The lowest BCUT2D eigenvalue weighted by molar-refractivity contribution is 0.101. The quantitative estimate of drug-likeness (QED) is 0.868. The Balaban J connectivity index is 2.22. The van der Waals surface area contributed by atoms with Gasteiger partial charge in [0.1, 0.15) is 5.75 Å². The van der Waals surface area contributed by atoms with Crippen LogP contribution in [-0.2, 0) is 6.54 Å². The van der Waals surface area contributed by atoms with Gasteiger partial charge in [-0.1, -0.05) is 29.8 Å². The topological polar surface area (TPSA) is 40.5 Å². The highest BCUT2D eigenvalue weighted by Gasteiger charge is 2.10. The molecule has 0 aromatic heterocycles. The zero-order valence-electron chi connectivity index (χ0n) is 11.4. The second-order valence-corrected chi connectivity index (χ2v) is 5.11. The van der Waals surface area contributed by atoms with Gasteiger partial charge in [0.15, 0.2) is 5.78 Å². The van der Waals surface area contributed by atoms with Crippen molar-refractivity contribution in [3.05, 3.63) is 58.6 Å². The number of ketones is 1. The molecule has 3 nitrogen and oxygen atoms in total. The van der Waals surface area contributed by atoms with Gasteiger partial charge in [0.2, 0.25) is 0 Å². The number of phenolic OH excluding ortho intramolecular Hbond substituents is 1. The summed E-state index contributed by atoms with van der Waals surface area (Å²) in [5.41, 5.74) is 2.17. The van der Waals surface area contributed by atoms with Gasteiger partial charge in [-0.2, -0.15) is 0 Å². The lowest BCUT2D eigenvalue weighted by Gasteiger charge is -2.20. The molecule has 4 heteroatoms. The van der Waals surface area contributed by atoms with E-state index >= 15 is 0 Å². The molecule has 2 aromatic rings. The van der Waals surface area contributed by atoms with E-state index in [1.165, 1.54) is 6.92 Å². The molecule has 1 N–H and O–H groups in total. The molecule has 0 fully saturated rings. The van der Waals surface area contributed by atoms with Crippen molar-refractivity contribution < 1.29 is 9.90 Å². The van der Waals surface area contributed by atoms with Crippen molar-refractivity contribution in [1.82, 2.24) is 0 Å². The summed E-state index contributed by atoms with van der Waals surface area (Å²) in [4.78, 5) is 13.3.